The lowest BCUT2D eigenvalue weighted by atomic mass is 10.0. The Balaban J connectivity index is 2.30. The maximum Gasteiger partial charge on any atom is 0.224 e. The highest BCUT2D eigenvalue weighted by atomic mass is 79.9. The molecule has 1 aliphatic heterocycles. The molecule has 1 aromatic heterocycles. The van der Waals surface area contributed by atoms with E-state index in [9.17, 15) is 4.79 Å². The Hall–Kier alpha value is -0.940. The van der Waals surface area contributed by atoms with E-state index in [1.165, 1.54) is 0 Å². The SMILES string of the molecule is CC(C)CN1C(=O)CC(N)C1c1cncc(Br)c1. The van der Waals surface area contributed by atoms with Gasteiger partial charge in [0, 0.05) is 35.9 Å². The predicted octanol–water partition coefficient (Wildman–Crippen LogP) is 2.10. The van der Waals surface area contributed by atoms with Crippen molar-refractivity contribution in [1.82, 2.24) is 9.88 Å². The summed E-state index contributed by atoms with van der Waals surface area (Å²) >= 11 is 3.41. The van der Waals surface area contributed by atoms with Gasteiger partial charge in [-0.15, -0.1) is 0 Å². The number of likely N-dealkylation sites (tertiary alicyclic amines) is 1. The lowest BCUT2D eigenvalue weighted by Gasteiger charge is -2.28. The quantitative estimate of drug-likeness (QED) is 0.930. The molecule has 0 aliphatic carbocycles. The Kier molecular flexibility index (Phi) is 4.02. The monoisotopic (exact) mass is 311 g/mol. The van der Waals surface area contributed by atoms with E-state index in [1.54, 1.807) is 12.4 Å². The molecule has 2 unspecified atom stereocenters. The third kappa shape index (κ3) is 2.72. The van der Waals surface area contributed by atoms with Crippen molar-refractivity contribution in [3.63, 3.8) is 0 Å². The highest BCUT2D eigenvalue weighted by Crippen LogP contribution is 2.33. The van der Waals surface area contributed by atoms with Crippen molar-refractivity contribution in [1.29, 1.82) is 0 Å². The summed E-state index contributed by atoms with van der Waals surface area (Å²) in [5.74, 6) is 0.572. The van der Waals surface area contributed by atoms with E-state index >= 15 is 0 Å². The summed E-state index contributed by atoms with van der Waals surface area (Å²) in [4.78, 5) is 18.1. The first-order chi connectivity index (χ1) is 8.49. The molecule has 18 heavy (non-hydrogen) atoms. The zero-order valence-corrected chi connectivity index (χ0v) is 12.2. The van der Waals surface area contributed by atoms with Gasteiger partial charge in [-0.3, -0.25) is 9.78 Å². The van der Waals surface area contributed by atoms with Crippen LogP contribution in [0.5, 0.6) is 0 Å². The maximum atomic E-state index is 12.0. The third-order valence-corrected chi connectivity index (χ3v) is 3.54. The average Bonchev–Trinajstić information content (AvgIpc) is 2.53. The van der Waals surface area contributed by atoms with Crippen LogP contribution in [0.3, 0.4) is 0 Å². The van der Waals surface area contributed by atoms with E-state index in [2.05, 4.69) is 34.8 Å². The van der Waals surface area contributed by atoms with Crippen LogP contribution in [0, 0.1) is 5.92 Å². The normalized spacial score (nSPS) is 24.1. The van der Waals surface area contributed by atoms with Gasteiger partial charge in [0.2, 0.25) is 5.91 Å². The zero-order valence-electron chi connectivity index (χ0n) is 10.6. The molecule has 2 atom stereocenters. The Morgan fingerprint density at radius 2 is 2.28 bits per heavy atom. The zero-order chi connectivity index (χ0) is 13.3. The minimum Gasteiger partial charge on any atom is -0.334 e. The van der Waals surface area contributed by atoms with Crippen molar-refractivity contribution in [2.24, 2.45) is 11.7 Å². The molecule has 2 heterocycles. The van der Waals surface area contributed by atoms with Crippen molar-refractivity contribution in [2.45, 2.75) is 32.4 Å². The van der Waals surface area contributed by atoms with Gasteiger partial charge in [-0.1, -0.05) is 13.8 Å². The Labute approximate surface area is 116 Å². The molecule has 0 bridgehead atoms. The Morgan fingerprint density at radius 1 is 1.56 bits per heavy atom. The second kappa shape index (κ2) is 5.36. The van der Waals surface area contributed by atoms with E-state index < -0.39 is 0 Å². The predicted molar refractivity (Wildman–Crippen MR) is 73.8 cm³/mol. The van der Waals surface area contributed by atoms with Crippen molar-refractivity contribution in [3.05, 3.63) is 28.5 Å². The summed E-state index contributed by atoms with van der Waals surface area (Å²) in [6.45, 7) is 4.95. The molecule has 1 amide bonds. The van der Waals surface area contributed by atoms with Crippen LogP contribution in [-0.4, -0.2) is 28.4 Å². The van der Waals surface area contributed by atoms with Crippen LogP contribution in [0.4, 0.5) is 0 Å². The molecule has 0 radical (unpaired) electrons. The Bertz CT molecular complexity index is 450. The summed E-state index contributed by atoms with van der Waals surface area (Å²) in [6.07, 6.45) is 3.95. The summed E-state index contributed by atoms with van der Waals surface area (Å²) in [5.41, 5.74) is 7.12. The van der Waals surface area contributed by atoms with Gasteiger partial charge >= 0.3 is 0 Å². The number of carbonyl (C=O) groups is 1. The van der Waals surface area contributed by atoms with Crippen LogP contribution >= 0.6 is 15.9 Å². The van der Waals surface area contributed by atoms with Gasteiger partial charge in [0.25, 0.3) is 0 Å². The maximum absolute atomic E-state index is 12.0. The molecular formula is C13H18BrN3O. The van der Waals surface area contributed by atoms with Crippen LogP contribution in [0.15, 0.2) is 22.9 Å². The van der Waals surface area contributed by atoms with Crippen LogP contribution in [0.25, 0.3) is 0 Å². The average molecular weight is 312 g/mol. The standard InChI is InChI=1S/C13H18BrN3O/c1-8(2)7-17-12(18)4-11(15)13(17)9-3-10(14)6-16-5-9/h3,5-6,8,11,13H,4,7,15H2,1-2H3. The fraction of sp³-hybridized carbons (Fsp3) is 0.538. The molecule has 0 spiro atoms. The summed E-state index contributed by atoms with van der Waals surface area (Å²) in [5, 5.41) is 0. The molecule has 1 fully saturated rings. The molecular weight excluding hydrogens is 294 g/mol. The molecule has 1 aromatic rings. The third-order valence-electron chi connectivity index (χ3n) is 3.10. The lowest BCUT2D eigenvalue weighted by molar-refractivity contribution is -0.129. The second-order valence-corrected chi connectivity index (χ2v) is 6.10. The number of aromatic nitrogens is 1. The fourth-order valence-corrected chi connectivity index (χ4v) is 2.83. The van der Waals surface area contributed by atoms with Gasteiger partial charge in [-0.05, 0) is 33.5 Å². The lowest BCUT2D eigenvalue weighted by Crippen LogP contribution is -2.35. The first-order valence-corrected chi connectivity index (χ1v) is 6.94. The number of carbonyl (C=O) groups excluding carboxylic acids is 1. The number of pyridine rings is 1. The summed E-state index contributed by atoms with van der Waals surface area (Å²) in [7, 11) is 0. The van der Waals surface area contributed by atoms with Gasteiger partial charge in [0.1, 0.15) is 0 Å². The smallest absolute Gasteiger partial charge is 0.224 e. The summed E-state index contributed by atoms with van der Waals surface area (Å²) in [6, 6.07) is 1.79. The first-order valence-electron chi connectivity index (χ1n) is 6.14. The summed E-state index contributed by atoms with van der Waals surface area (Å²) < 4.78 is 0.913. The number of amides is 1. The molecule has 0 aromatic carbocycles. The highest BCUT2D eigenvalue weighted by Gasteiger charge is 2.38. The molecule has 98 valence electrons. The largest absolute Gasteiger partial charge is 0.334 e. The number of nitrogens with two attached hydrogens (primary N) is 1. The highest BCUT2D eigenvalue weighted by molar-refractivity contribution is 9.10. The van der Waals surface area contributed by atoms with Crippen LogP contribution in [-0.2, 0) is 4.79 Å². The molecule has 2 rings (SSSR count). The number of hydrogen-bond acceptors (Lipinski definition) is 3. The molecule has 0 saturated carbocycles. The van der Waals surface area contributed by atoms with Crippen molar-refractivity contribution >= 4 is 21.8 Å². The van der Waals surface area contributed by atoms with E-state index in [0.29, 0.717) is 12.3 Å². The molecule has 1 saturated heterocycles. The molecule has 1 aliphatic rings. The van der Waals surface area contributed by atoms with Crippen molar-refractivity contribution < 1.29 is 4.79 Å². The van der Waals surface area contributed by atoms with E-state index in [0.717, 1.165) is 16.6 Å². The van der Waals surface area contributed by atoms with E-state index in [-0.39, 0.29) is 18.0 Å². The number of hydrogen-bond donors (Lipinski definition) is 1. The van der Waals surface area contributed by atoms with E-state index in [4.69, 9.17) is 5.73 Å². The fourth-order valence-electron chi connectivity index (χ4n) is 2.44. The van der Waals surface area contributed by atoms with Gasteiger partial charge in [0.15, 0.2) is 0 Å². The minimum atomic E-state index is -0.146. The second-order valence-electron chi connectivity index (χ2n) is 5.19. The molecule has 5 heteroatoms. The number of rotatable bonds is 3. The Morgan fingerprint density at radius 3 is 2.89 bits per heavy atom. The van der Waals surface area contributed by atoms with Crippen LogP contribution in [0.1, 0.15) is 31.9 Å². The minimum absolute atomic E-state index is 0.0510. The van der Waals surface area contributed by atoms with Crippen molar-refractivity contribution in [3.8, 4) is 0 Å². The van der Waals surface area contributed by atoms with Crippen LogP contribution < -0.4 is 5.73 Å². The topological polar surface area (TPSA) is 59.2 Å². The van der Waals surface area contributed by atoms with Crippen LogP contribution in [0.2, 0.25) is 0 Å². The van der Waals surface area contributed by atoms with Gasteiger partial charge in [-0.2, -0.15) is 0 Å². The molecule has 4 nitrogen and oxygen atoms in total. The first kappa shape index (κ1) is 13.5. The van der Waals surface area contributed by atoms with E-state index in [1.807, 2.05) is 11.0 Å². The van der Waals surface area contributed by atoms with Gasteiger partial charge in [0.05, 0.1) is 6.04 Å². The van der Waals surface area contributed by atoms with Gasteiger partial charge in [-0.25, -0.2) is 0 Å². The van der Waals surface area contributed by atoms with Crippen molar-refractivity contribution in [2.75, 3.05) is 6.54 Å². The molecule has 2 N–H and O–H groups in total. The number of halogens is 1. The van der Waals surface area contributed by atoms with Gasteiger partial charge < -0.3 is 10.6 Å². The number of nitrogens with zero attached hydrogens (tertiary/aromatic N) is 2.